The molecule has 0 saturated carbocycles. The lowest BCUT2D eigenvalue weighted by atomic mass is 9.96. The Morgan fingerprint density at radius 3 is 2.52 bits per heavy atom. The average molecular weight is 292 g/mol. The third-order valence-corrected chi connectivity index (χ3v) is 3.42. The van der Waals surface area contributed by atoms with Gasteiger partial charge in [0, 0.05) is 5.56 Å². The summed E-state index contributed by atoms with van der Waals surface area (Å²) in [6.45, 7) is 0.490. The van der Waals surface area contributed by atoms with Gasteiger partial charge >= 0.3 is 0 Å². The van der Waals surface area contributed by atoms with Crippen LogP contribution in [0.3, 0.4) is 0 Å². The molecule has 0 saturated heterocycles. The van der Waals surface area contributed by atoms with Crippen molar-refractivity contribution in [2.45, 2.75) is 12.8 Å². The molecule has 5 heteroatoms. The van der Waals surface area contributed by atoms with Crippen molar-refractivity contribution in [3.8, 4) is 5.75 Å². The molecule has 108 valence electrons. The maximum absolute atomic E-state index is 13.3. The molecule has 3 rings (SSSR count). The first-order valence-corrected chi connectivity index (χ1v) is 6.52. The summed E-state index contributed by atoms with van der Waals surface area (Å²) in [5, 5.41) is 0. The molecule has 2 aromatic carbocycles. The number of carbonyl (C=O) groups excluding carboxylic acids is 1. The minimum absolute atomic E-state index is 0.234. The van der Waals surface area contributed by atoms with Crippen LogP contribution < -0.4 is 4.74 Å². The molecule has 1 heterocycles. The molecule has 0 amide bonds. The summed E-state index contributed by atoms with van der Waals surface area (Å²) >= 11 is 0. The molecule has 21 heavy (non-hydrogen) atoms. The fraction of sp³-hybridized carbons (Fsp3) is 0.188. The zero-order chi connectivity index (χ0) is 15.0. The lowest BCUT2D eigenvalue weighted by molar-refractivity contribution is 0.103. The van der Waals surface area contributed by atoms with Crippen molar-refractivity contribution in [1.29, 1.82) is 0 Å². The number of rotatable bonds is 2. The van der Waals surface area contributed by atoms with E-state index < -0.39 is 23.2 Å². The van der Waals surface area contributed by atoms with E-state index in [0.717, 1.165) is 18.4 Å². The Balaban J connectivity index is 2.07. The highest BCUT2D eigenvalue weighted by Crippen LogP contribution is 2.31. The molecule has 0 fully saturated rings. The quantitative estimate of drug-likeness (QED) is 0.623. The molecule has 1 aliphatic rings. The second-order valence-electron chi connectivity index (χ2n) is 4.83. The number of fused-ring (bicyclic) bond motifs is 1. The van der Waals surface area contributed by atoms with E-state index in [1.165, 1.54) is 6.07 Å². The predicted octanol–water partition coefficient (Wildman–Crippen LogP) is 3.66. The second-order valence-corrected chi connectivity index (χ2v) is 4.83. The average Bonchev–Trinajstić information content (AvgIpc) is 2.51. The third kappa shape index (κ3) is 2.39. The molecule has 0 radical (unpaired) electrons. The van der Waals surface area contributed by atoms with E-state index >= 15 is 0 Å². The molecule has 0 unspecified atom stereocenters. The SMILES string of the molecule is O=C(c1cc(F)c(F)c(F)c1)c1cccc2c1OCCC2. The molecule has 1 aliphatic heterocycles. The molecule has 0 aliphatic carbocycles. The molecule has 2 nitrogen and oxygen atoms in total. The zero-order valence-electron chi connectivity index (χ0n) is 11.0. The Hall–Kier alpha value is -2.30. The summed E-state index contributed by atoms with van der Waals surface area (Å²) in [6, 6.07) is 6.46. The van der Waals surface area contributed by atoms with Gasteiger partial charge in [0.25, 0.3) is 0 Å². The van der Waals surface area contributed by atoms with Gasteiger partial charge in [0.15, 0.2) is 23.2 Å². The van der Waals surface area contributed by atoms with Gasteiger partial charge in [0.2, 0.25) is 0 Å². The molecule has 2 aromatic rings. The van der Waals surface area contributed by atoms with Crippen molar-refractivity contribution < 1.29 is 22.7 Å². The van der Waals surface area contributed by atoms with Gasteiger partial charge in [-0.2, -0.15) is 0 Å². The van der Waals surface area contributed by atoms with Crippen LogP contribution in [-0.2, 0) is 6.42 Å². The smallest absolute Gasteiger partial charge is 0.196 e. The number of ether oxygens (including phenoxy) is 1. The zero-order valence-corrected chi connectivity index (χ0v) is 11.0. The summed E-state index contributed by atoms with van der Waals surface area (Å²) in [5.74, 6) is -4.50. The van der Waals surface area contributed by atoms with E-state index in [-0.39, 0.29) is 11.1 Å². The molecule has 0 atom stereocenters. The maximum atomic E-state index is 13.3. The highest BCUT2D eigenvalue weighted by Gasteiger charge is 2.22. The van der Waals surface area contributed by atoms with Crippen molar-refractivity contribution in [2.75, 3.05) is 6.61 Å². The molecular weight excluding hydrogens is 281 g/mol. The van der Waals surface area contributed by atoms with Crippen LogP contribution in [0.15, 0.2) is 30.3 Å². The van der Waals surface area contributed by atoms with E-state index in [4.69, 9.17) is 4.74 Å². The van der Waals surface area contributed by atoms with E-state index in [1.807, 2.05) is 6.07 Å². The number of hydrogen-bond donors (Lipinski definition) is 0. The van der Waals surface area contributed by atoms with Gasteiger partial charge in [-0.15, -0.1) is 0 Å². The van der Waals surface area contributed by atoms with Crippen LogP contribution in [0.25, 0.3) is 0 Å². The number of aryl methyl sites for hydroxylation is 1. The van der Waals surface area contributed by atoms with Gasteiger partial charge in [-0.05, 0) is 36.6 Å². The first-order valence-electron chi connectivity index (χ1n) is 6.52. The first-order chi connectivity index (χ1) is 10.1. The van der Waals surface area contributed by atoms with Crippen LogP contribution in [0.4, 0.5) is 13.2 Å². The third-order valence-electron chi connectivity index (χ3n) is 3.42. The summed E-state index contributed by atoms with van der Waals surface area (Å²) in [7, 11) is 0. The van der Waals surface area contributed by atoms with E-state index in [0.29, 0.717) is 24.5 Å². The molecular formula is C16H11F3O2. The standard InChI is InChI=1S/C16H11F3O2/c17-12-7-10(8-13(18)14(12)19)15(20)11-5-1-3-9-4-2-6-21-16(9)11/h1,3,5,7-8H,2,4,6H2. The van der Waals surface area contributed by atoms with Crippen LogP contribution in [0.5, 0.6) is 5.75 Å². The highest BCUT2D eigenvalue weighted by atomic mass is 19.2. The van der Waals surface area contributed by atoms with Crippen molar-refractivity contribution in [2.24, 2.45) is 0 Å². The number of benzene rings is 2. The Kier molecular flexibility index (Phi) is 3.41. The Morgan fingerprint density at radius 1 is 1.10 bits per heavy atom. The van der Waals surface area contributed by atoms with Gasteiger partial charge in [-0.3, -0.25) is 4.79 Å². The summed E-state index contributed by atoms with van der Waals surface area (Å²) in [4.78, 5) is 12.4. The lowest BCUT2D eigenvalue weighted by Gasteiger charge is -2.19. The van der Waals surface area contributed by atoms with Crippen LogP contribution in [0.1, 0.15) is 27.9 Å². The van der Waals surface area contributed by atoms with Gasteiger partial charge in [-0.25, -0.2) is 13.2 Å². The Bertz CT molecular complexity index is 702. The minimum Gasteiger partial charge on any atom is -0.493 e. The van der Waals surface area contributed by atoms with Crippen LogP contribution >= 0.6 is 0 Å². The number of halogens is 3. The van der Waals surface area contributed by atoms with Gasteiger partial charge < -0.3 is 4.74 Å². The summed E-state index contributed by atoms with van der Waals surface area (Å²) in [5.41, 5.74) is 0.877. The fourth-order valence-electron chi connectivity index (χ4n) is 2.41. The van der Waals surface area contributed by atoms with Gasteiger partial charge in [0.05, 0.1) is 12.2 Å². The van der Waals surface area contributed by atoms with E-state index in [2.05, 4.69) is 0 Å². The van der Waals surface area contributed by atoms with Crippen molar-refractivity contribution >= 4 is 5.78 Å². The molecule has 0 aromatic heterocycles. The first kappa shape index (κ1) is 13.7. The van der Waals surface area contributed by atoms with Crippen LogP contribution in [0.2, 0.25) is 0 Å². The molecule has 0 bridgehead atoms. The second kappa shape index (κ2) is 5.24. The van der Waals surface area contributed by atoms with Gasteiger partial charge in [0.1, 0.15) is 5.75 Å². The van der Waals surface area contributed by atoms with Crippen LogP contribution in [-0.4, -0.2) is 12.4 Å². The molecule has 0 N–H and O–H groups in total. The normalized spacial score (nSPS) is 13.5. The Morgan fingerprint density at radius 2 is 1.81 bits per heavy atom. The van der Waals surface area contributed by atoms with Crippen molar-refractivity contribution in [3.63, 3.8) is 0 Å². The number of carbonyl (C=O) groups is 1. The van der Waals surface area contributed by atoms with Crippen molar-refractivity contribution in [3.05, 3.63) is 64.5 Å². The van der Waals surface area contributed by atoms with Crippen LogP contribution in [0, 0.1) is 17.5 Å². The fourth-order valence-corrected chi connectivity index (χ4v) is 2.41. The predicted molar refractivity (Wildman–Crippen MR) is 70.0 cm³/mol. The Labute approximate surface area is 119 Å². The number of hydrogen-bond acceptors (Lipinski definition) is 2. The molecule has 0 spiro atoms. The highest BCUT2D eigenvalue weighted by molar-refractivity contribution is 6.11. The summed E-state index contributed by atoms with van der Waals surface area (Å²) < 4.78 is 45.0. The maximum Gasteiger partial charge on any atom is 0.196 e. The van der Waals surface area contributed by atoms with Crippen molar-refractivity contribution in [1.82, 2.24) is 0 Å². The minimum atomic E-state index is -1.59. The monoisotopic (exact) mass is 292 g/mol. The summed E-state index contributed by atoms with van der Waals surface area (Å²) in [6.07, 6.45) is 1.63. The number of para-hydroxylation sites is 1. The van der Waals surface area contributed by atoms with E-state index in [9.17, 15) is 18.0 Å². The number of ketones is 1. The lowest BCUT2D eigenvalue weighted by Crippen LogP contribution is -2.13. The topological polar surface area (TPSA) is 26.3 Å². The largest absolute Gasteiger partial charge is 0.493 e. The van der Waals surface area contributed by atoms with Gasteiger partial charge in [-0.1, -0.05) is 12.1 Å². The van der Waals surface area contributed by atoms with E-state index in [1.54, 1.807) is 6.07 Å².